The molecule has 0 spiro atoms. The smallest absolute Gasteiger partial charge is 0.416 e. The van der Waals surface area contributed by atoms with E-state index in [4.69, 9.17) is 22.1 Å². The van der Waals surface area contributed by atoms with Crippen LogP contribution in [0.5, 0.6) is 11.6 Å². The van der Waals surface area contributed by atoms with Gasteiger partial charge in [-0.05, 0) is 29.8 Å². The normalized spacial score (nSPS) is 11.4. The van der Waals surface area contributed by atoms with Crippen molar-refractivity contribution in [2.24, 2.45) is 0 Å². The Kier molecular flexibility index (Phi) is 4.50. The van der Waals surface area contributed by atoms with E-state index in [2.05, 4.69) is 9.97 Å². The van der Waals surface area contributed by atoms with Crippen molar-refractivity contribution in [3.63, 3.8) is 0 Å². The Hall–Kier alpha value is -2.80. The lowest BCUT2D eigenvalue weighted by atomic mass is 10.1. The fourth-order valence-electron chi connectivity index (χ4n) is 2.15. The minimum absolute atomic E-state index is 0.147. The van der Waals surface area contributed by atoms with Crippen LogP contribution in [0.2, 0.25) is 5.02 Å². The Labute approximate surface area is 146 Å². The van der Waals surface area contributed by atoms with Crippen LogP contribution in [0.4, 0.5) is 19.0 Å². The summed E-state index contributed by atoms with van der Waals surface area (Å²) >= 11 is 5.91. The number of nitrogen functional groups attached to an aromatic ring is 1. The lowest BCUT2D eigenvalue weighted by Gasteiger charge is -2.10. The van der Waals surface area contributed by atoms with E-state index in [9.17, 15) is 13.2 Å². The highest BCUT2D eigenvalue weighted by molar-refractivity contribution is 6.30. The van der Waals surface area contributed by atoms with Crippen molar-refractivity contribution in [2.45, 2.75) is 6.18 Å². The summed E-state index contributed by atoms with van der Waals surface area (Å²) in [5.41, 5.74) is 6.39. The molecule has 2 aromatic heterocycles. The maximum absolute atomic E-state index is 12.7. The van der Waals surface area contributed by atoms with E-state index in [-0.39, 0.29) is 5.88 Å². The molecule has 128 valence electrons. The Morgan fingerprint density at radius 2 is 1.72 bits per heavy atom. The van der Waals surface area contributed by atoms with Crippen molar-refractivity contribution in [2.75, 3.05) is 5.73 Å². The molecule has 4 nitrogen and oxygen atoms in total. The summed E-state index contributed by atoms with van der Waals surface area (Å²) in [6.45, 7) is 0. The van der Waals surface area contributed by atoms with Gasteiger partial charge in [-0.15, -0.1) is 0 Å². The van der Waals surface area contributed by atoms with Crippen LogP contribution in [-0.4, -0.2) is 9.97 Å². The van der Waals surface area contributed by atoms with Gasteiger partial charge in [0.15, 0.2) is 0 Å². The predicted molar refractivity (Wildman–Crippen MR) is 88.4 cm³/mol. The van der Waals surface area contributed by atoms with E-state index in [1.807, 2.05) is 0 Å². The molecule has 0 amide bonds. The molecular formula is C17H11ClF3N3O. The number of halogens is 4. The van der Waals surface area contributed by atoms with Gasteiger partial charge in [-0.1, -0.05) is 23.7 Å². The van der Waals surface area contributed by atoms with Gasteiger partial charge in [0.25, 0.3) is 0 Å². The maximum atomic E-state index is 12.7. The molecule has 0 aliphatic heterocycles. The summed E-state index contributed by atoms with van der Waals surface area (Å²) < 4.78 is 43.5. The first-order valence-electron chi connectivity index (χ1n) is 7.05. The first kappa shape index (κ1) is 17.0. The van der Waals surface area contributed by atoms with E-state index >= 15 is 0 Å². The number of nitrogens with zero attached hydrogens (tertiary/aromatic N) is 2. The van der Waals surface area contributed by atoms with Crippen LogP contribution < -0.4 is 10.5 Å². The molecule has 25 heavy (non-hydrogen) atoms. The number of benzene rings is 1. The van der Waals surface area contributed by atoms with Crippen LogP contribution in [0.25, 0.3) is 11.1 Å². The lowest BCUT2D eigenvalue weighted by Crippen LogP contribution is -2.05. The van der Waals surface area contributed by atoms with Crippen molar-refractivity contribution in [1.29, 1.82) is 0 Å². The highest BCUT2D eigenvalue weighted by Gasteiger charge is 2.31. The molecule has 8 heteroatoms. The zero-order valence-electron chi connectivity index (χ0n) is 12.6. The van der Waals surface area contributed by atoms with Crippen molar-refractivity contribution in [1.82, 2.24) is 9.97 Å². The molecule has 1 aromatic carbocycles. The summed E-state index contributed by atoms with van der Waals surface area (Å²) in [5.74, 6) is 0.508. The average molecular weight is 366 g/mol. The SMILES string of the molecule is Nc1ncc(Cl)cc1-c1ccc(Oc2cc(C(F)(F)F)ccn2)cc1. The van der Waals surface area contributed by atoms with Crippen LogP contribution in [0.3, 0.4) is 0 Å². The Balaban J connectivity index is 1.83. The molecule has 0 saturated carbocycles. The number of alkyl halides is 3. The van der Waals surface area contributed by atoms with Gasteiger partial charge < -0.3 is 10.5 Å². The van der Waals surface area contributed by atoms with E-state index in [1.54, 1.807) is 30.3 Å². The third kappa shape index (κ3) is 4.00. The molecule has 0 aliphatic carbocycles. The standard InChI is InChI=1S/C17H11ClF3N3O/c18-12-8-14(16(22)24-9-12)10-1-3-13(4-2-10)25-15-7-11(5-6-23-15)17(19,20)21/h1-9H,(H2,22,24). The maximum Gasteiger partial charge on any atom is 0.416 e. The largest absolute Gasteiger partial charge is 0.439 e. The Morgan fingerprint density at radius 3 is 2.40 bits per heavy atom. The van der Waals surface area contributed by atoms with Gasteiger partial charge in [0.05, 0.1) is 10.6 Å². The van der Waals surface area contributed by atoms with Gasteiger partial charge in [0, 0.05) is 24.0 Å². The van der Waals surface area contributed by atoms with Gasteiger partial charge >= 0.3 is 6.18 Å². The monoisotopic (exact) mass is 365 g/mol. The number of anilines is 1. The zero-order valence-corrected chi connectivity index (χ0v) is 13.3. The number of ether oxygens (including phenoxy) is 1. The highest BCUT2D eigenvalue weighted by atomic mass is 35.5. The van der Waals surface area contributed by atoms with Crippen LogP contribution in [0.1, 0.15) is 5.56 Å². The third-order valence-electron chi connectivity index (χ3n) is 3.34. The van der Waals surface area contributed by atoms with E-state index in [1.165, 1.54) is 6.20 Å². The van der Waals surface area contributed by atoms with Gasteiger partial charge in [-0.2, -0.15) is 13.2 Å². The van der Waals surface area contributed by atoms with Crippen molar-refractivity contribution in [3.05, 3.63) is 65.4 Å². The van der Waals surface area contributed by atoms with Crippen molar-refractivity contribution < 1.29 is 17.9 Å². The first-order chi connectivity index (χ1) is 11.8. The predicted octanol–water partition coefficient (Wildman–Crippen LogP) is 5.19. The molecule has 2 heterocycles. The second-order valence-corrected chi connectivity index (χ2v) is 5.53. The third-order valence-corrected chi connectivity index (χ3v) is 3.54. The van der Waals surface area contributed by atoms with Crippen molar-refractivity contribution >= 4 is 17.4 Å². The van der Waals surface area contributed by atoms with E-state index in [0.29, 0.717) is 22.2 Å². The number of hydrogen-bond acceptors (Lipinski definition) is 4. The number of rotatable bonds is 3. The number of aromatic nitrogens is 2. The molecule has 3 aromatic rings. The summed E-state index contributed by atoms with van der Waals surface area (Å²) in [6, 6.07) is 9.99. The van der Waals surface area contributed by atoms with Crippen LogP contribution in [-0.2, 0) is 6.18 Å². The molecule has 0 bridgehead atoms. The molecule has 0 unspecified atom stereocenters. The second-order valence-electron chi connectivity index (χ2n) is 5.09. The zero-order chi connectivity index (χ0) is 18.0. The fraction of sp³-hybridized carbons (Fsp3) is 0.0588. The van der Waals surface area contributed by atoms with Gasteiger partial charge in [0.1, 0.15) is 11.6 Å². The fourth-order valence-corrected chi connectivity index (χ4v) is 2.30. The molecule has 0 atom stereocenters. The molecule has 0 radical (unpaired) electrons. The molecule has 3 rings (SSSR count). The number of hydrogen-bond donors (Lipinski definition) is 1. The Morgan fingerprint density at radius 1 is 1.00 bits per heavy atom. The number of pyridine rings is 2. The summed E-state index contributed by atoms with van der Waals surface area (Å²) in [6.07, 6.45) is -1.97. The lowest BCUT2D eigenvalue weighted by molar-refractivity contribution is -0.137. The molecule has 0 aliphatic rings. The molecule has 2 N–H and O–H groups in total. The second kappa shape index (κ2) is 6.60. The first-order valence-corrected chi connectivity index (χ1v) is 7.43. The minimum atomic E-state index is -4.46. The minimum Gasteiger partial charge on any atom is -0.439 e. The Bertz CT molecular complexity index is 898. The van der Waals surface area contributed by atoms with E-state index < -0.39 is 11.7 Å². The molecule has 0 saturated heterocycles. The van der Waals surface area contributed by atoms with Gasteiger partial charge in [0.2, 0.25) is 5.88 Å². The van der Waals surface area contributed by atoms with Crippen LogP contribution in [0.15, 0.2) is 54.9 Å². The highest BCUT2D eigenvalue weighted by Crippen LogP contribution is 2.32. The summed E-state index contributed by atoms with van der Waals surface area (Å²) in [5, 5.41) is 0.442. The van der Waals surface area contributed by atoms with Gasteiger partial charge in [-0.25, -0.2) is 9.97 Å². The van der Waals surface area contributed by atoms with Crippen LogP contribution >= 0.6 is 11.6 Å². The van der Waals surface area contributed by atoms with Crippen LogP contribution in [0, 0.1) is 0 Å². The molecular weight excluding hydrogens is 355 g/mol. The van der Waals surface area contributed by atoms with E-state index in [0.717, 1.165) is 23.9 Å². The topological polar surface area (TPSA) is 61.0 Å². The summed E-state index contributed by atoms with van der Waals surface area (Å²) in [4.78, 5) is 7.76. The van der Waals surface area contributed by atoms with Crippen molar-refractivity contribution in [3.8, 4) is 22.8 Å². The average Bonchev–Trinajstić information content (AvgIpc) is 2.57. The summed E-state index contributed by atoms with van der Waals surface area (Å²) in [7, 11) is 0. The molecule has 0 fully saturated rings. The quantitative estimate of drug-likeness (QED) is 0.693. The number of nitrogens with two attached hydrogens (primary N) is 1. The van der Waals surface area contributed by atoms with Gasteiger partial charge in [-0.3, -0.25) is 0 Å².